The first-order valence-electron chi connectivity index (χ1n) is 15.9. The molecule has 12 heterocycles. The molecule has 10 saturated heterocycles. The first-order valence-corrected chi connectivity index (χ1v) is 24.1. The van der Waals surface area contributed by atoms with E-state index in [0.29, 0.717) is 23.3 Å². The molecule has 0 bridgehead atoms. The van der Waals surface area contributed by atoms with Gasteiger partial charge in [-0.2, -0.15) is 0 Å². The summed E-state index contributed by atoms with van der Waals surface area (Å²) in [6.07, 6.45) is 5.67. The summed E-state index contributed by atoms with van der Waals surface area (Å²) in [4.78, 5) is 18.4. The maximum atomic E-state index is 5.29. The fourth-order valence-corrected chi connectivity index (χ4v) is 113. The molecule has 3 aromatic rings. The van der Waals surface area contributed by atoms with Gasteiger partial charge in [0.2, 0.25) is 0 Å². The van der Waals surface area contributed by atoms with E-state index >= 15 is 0 Å². The molecule has 10 atom stereocenters. The van der Waals surface area contributed by atoms with Crippen molar-refractivity contribution in [2.75, 3.05) is 6.16 Å². The van der Waals surface area contributed by atoms with Crippen molar-refractivity contribution in [1.29, 1.82) is 0 Å². The molecule has 214 valence electrons. The molecule has 10 unspecified atom stereocenters. The van der Waals surface area contributed by atoms with Crippen molar-refractivity contribution in [3.63, 3.8) is 0 Å². The minimum atomic E-state index is -4.32. The van der Waals surface area contributed by atoms with Gasteiger partial charge in [-0.25, -0.2) is 0 Å². The van der Waals surface area contributed by atoms with Gasteiger partial charge in [-0.05, 0) is 0 Å². The monoisotopic (exact) mass is 620 g/mol. The number of hydrogen-bond donors (Lipinski definition) is 0. The molecule has 10 fully saturated rings. The van der Waals surface area contributed by atoms with Crippen LogP contribution in [0.25, 0.3) is 0 Å². The van der Waals surface area contributed by atoms with E-state index in [1.54, 1.807) is 5.56 Å². The summed E-state index contributed by atoms with van der Waals surface area (Å²) in [5.74, 6) is 0. The minimum absolute atomic E-state index is 0.168. The van der Waals surface area contributed by atoms with E-state index in [9.17, 15) is 0 Å². The number of rotatable bonds is 6. The van der Waals surface area contributed by atoms with Crippen molar-refractivity contribution in [3.05, 3.63) is 96.1 Å². The Labute approximate surface area is 238 Å². The van der Waals surface area contributed by atoms with Crippen LogP contribution < -0.4 is 0 Å². The molecule has 1 aromatic carbocycles. The molecular formula is C36H42FeN2P2. The quantitative estimate of drug-likeness (QED) is 0.203. The standard InChI is InChI=1S/C25H33N2P2.C11H9.Fe/c1-23(2,3)29(24(4,5)6)18-19-12-11-13-20(19)25(28,21-14-7-9-16-26-21)22-15-8-10-17-27-22;1-2-6-10(7-3-1)11-8-4-5-9-11;/h7-17H,18,28H2,1-6H3;1-9H;. The van der Waals surface area contributed by atoms with Crippen LogP contribution in [-0.2, 0) is 16.0 Å². The van der Waals surface area contributed by atoms with Gasteiger partial charge in [0.25, 0.3) is 0 Å². The second-order valence-electron chi connectivity index (χ2n) is 19.5. The molecule has 2 aromatic heterocycles. The van der Waals surface area contributed by atoms with Crippen LogP contribution in [0.15, 0.2) is 79.1 Å². The van der Waals surface area contributed by atoms with Gasteiger partial charge in [0.1, 0.15) is 0 Å². The van der Waals surface area contributed by atoms with Crippen molar-refractivity contribution in [2.45, 2.75) is 104 Å². The van der Waals surface area contributed by atoms with Crippen LogP contribution in [0.4, 0.5) is 0 Å². The topological polar surface area (TPSA) is 25.8 Å². The summed E-state index contributed by atoms with van der Waals surface area (Å²) < 4.78 is 1.65. The first kappa shape index (κ1) is 22.4. The van der Waals surface area contributed by atoms with Crippen LogP contribution in [0.2, 0.25) is 42.3 Å². The van der Waals surface area contributed by atoms with Crippen molar-refractivity contribution >= 4 is 17.2 Å². The Morgan fingerprint density at radius 1 is 0.707 bits per heavy atom. The molecule has 1 spiro atoms. The van der Waals surface area contributed by atoms with Gasteiger partial charge in [0, 0.05) is 0 Å². The van der Waals surface area contributed by atoms with Gasteiger partial charge in [0.15, 0.2) is 0 Å². The van der Waals surface area contributed by atoms with Gasteiger partial charge >= 0.3 is 240 Å². The molecule has 13 rings (SSSR count). The molecule has 0 N–H and O–H groups in total. The molecule has 10 aliphatic heterocycles. The Balaban J connectivity index is 1.19. The summed E-state index contributed by atoms with van der Waals surface area (Å²) in [6, 6.07) is 25.7. The third-order valence-corrected chi connectivity index (χ3v) is 70.8. The fourth-order valence-electron chi connectivity index (χ4n) is 23.9. The maximum absolute atomic E-state index is 5.29. The van der Waals surface area contributed by atoms with Crippen LogP contribution in [0, 0.1) is 0 Å². The summed E-state index contributed by atoms with van der Waals surface area (Å²) in [5.41, 5.74) is 4.40. The summed E-state index contributed by atoms with van der Waals surface area (Å²) in [6.45, 7) is 11.2. The fraction of sp³-hybridized carbons (Fsp3) is 0.556. The second kappa shape index (κ2) is 3.36. The Hall–Kier alpha value is -1.10. The van der Waals surface area contributed by atoms with Gasteiger partial charge < -0.3 is 0 Å². The molecule has 41 heavy (non-hydrogen) atoms. The molecular weight excluding hydrogens is 578 g/mol. The predicted molar refractivity (Wildman–Crippen MR) is 170 cm³/mol. The Morgan fingerprint density at radius 3 is 1.68 bits per heavy atom. The third kappa shape index (κ3) is 0.562. The van der Waals surface area contributed by atoms with E-state index in [-0.39, 0.29) is 13.1 Å². The first-order chi connectivity index (χ1) is 19.2. The molecule has 0 saturated carbocycles. The Bertz CT molecular complexity index is 2180. The van der Waals surface area contributed by atoms with Crippen molar-refractivity contribution in [1.82, 2.24) is 9.97 Å². The zero-order valence-corrected chi connectivity index (χ0v) is 28.2. The molecule has 0 radical (unpaired) electrons. The number of benzene rings is 1. The van der Waals surface area contributed by atoms with Crippen LogP contribution in [0.3, 0.4) is 0 Å². The average Bonchev–Trinajstić information content (AvgIpc) is 3.91. The summed E-state index contributed by atoms with van der Waals surface area (Å²) in [7, 11) is 3.46. The second-order valence-corrected chi connectivity index (χ2v) is 47.2. The van der Waals surface area contributed by atoms with E-state index in [1.807, 2.05) is 0 Å². The van der Waals surface area contributed by atoms with Crippen molar-refractivity contribution in [2.24, 2.45) is 0 Å². The van der Waals surface area contributed by atoms with Crippen molar-refractivity contribution < 1.29 is 6.51 Å². The molecule has 5 heteroatoms. The number of hydrogen-bond acceptors (Lipinski definition) is 2. The third-order valence-electron chi connectivity index (χ3n) is 21.2. The Kier molecular flexibility index (Phi) is 1.84. The SMILES string of the molecule is CC(C)(C)P(C[C]12[CH]3[CH]4[CH]5[C]1(C(P)(c1ccccn1)c1ccccn1)[Fe]43521678[CH]2[CH]1[CH]6[C]7(c1ccccc1)[CH]28)C(C)(C)C. The van der Waals surface area contributed by atoms with Crippen LogP contribution in [0.5, 0.6) is 0 Å². The predicted octanol–water partition coefficient (Wildman–Crippen LogP) is 9.91. The Morgan fingerprint density at radius 2 is 1.24 bits per heavy atom. The van der Waals surface area contributed by atoms with E-state index in [4.69, 9.17) is 9.97 Å². The average molecular weight is 621 g/mol. The number of pyridine rings is 2. The zero-order chi connectivity index (χ0) is 28.0. The van der Waals surface area contributed by atoms with E-state index in [1.165, 1.54) is 17.5 Å². The number of aromatic nitrogens is 2. The number of fused-ring (bicyclic) bond motifs is 10. The van der Waals surface area contributed by atoms with Gasteiger partial charge in [-0.15, -0.1) is 0 Å². The van der Waals surface area contributed by atoms with Gasteiger partial charge in [-0.3, -0.25) is 0 Å². The van der Waals surface area contributed by atoms with Crippen LogP contribution in [-0.4, -0.2) is 26.4 Å². The zero-order valence-electron chi connectivity index (χ0n) is 25.0. The van der Waals surface area contributed by atoms with E-state index < -0.39 is 6.51 Å². The summed E-state index contributed by atoms with van der Waals surface area (Å²) in [5, 5.41) is 0.545. The molecule has 10 aliphatic rings. The molecule has 2 nitrogen and oxygen atoms in total. The van der Waals surface area contributed by atoms with Crippen LogP contribution in [0.1, 0.15) is 58.5 Å². The number of nitrogens with zero attached hydrogens (tertiary/aromatic N) is 2. The van der Waals surface area contributed by atoms with E-state index in [0.717, 1.165) is 33.7 Å². The van der Waals surface area contributed by atoms with Gasteiger partial charge in [-0.1, -0.05) is 0 Å². The van der Waals surface area contributed by atoms with Crippen LogP contribution >= 0.6 is 17.2 Å². The van der Waals surface area contributed by atoms with E-state index in [2.05, 4.69) is 130 Å². The van der Waals surface area contributed by atoms with Gasteiger partial charge in [0.05, 0.1) is 0 Å². The summed E-state index contributed by atoms with van der Waals surface area (Å²) >= 11 is 0. The normalized spacial score (nSPS) is 61.2. The molecule has 0 aliphatic carbocycles. The molecule has 0 amide bonds. The van der Waals surface area contributed by atoms with Crippen molar-refractivity contribution in [3.8, 4) is 0 Å².